The van der Waals surface area contributed by atoms with E-state index < -0.39 is 40.9 Å². The molecule has 1 N–H and O–H groups in total. The molecule has 1 aliphatic heterocycles. The third-order valence-electron chi connectivity index (χ3n) is 6.41. The number of rotatable bonds is 6. The molecule has 1 aliphatic carbocycles. The van der Waals surface area contributed by atoms with Gasteiger partial charge in [-0.25, -0.2) is 4.90 Å². The van der Waals surface area contributed by atoms with E-state index in [4.69, 9.17) is 28.5 Å². The molecular weight excluding hydrogens is 532 g/mol. The van der Waals surface area contributed by atoms with Gasteiger partial charge in [-0.2, -0.15) is 5.26 Å². The average Bonchev–Trinajstić information content (AvgIpc) is 3.35. The van der Waals surface area contributed by atoms with Crippen molar-refractivity contribution in [2.24, 2.45) is 5.92 Å². The normalized spacial score (nSPS) is 25.3. The summed E-state index contributed by atoms with van der Waals surface area (Å²) in [6, 6.07) is 11.8. The van der Waals surface area contributed by atoms with E-state index in [1.807, 2.05) is 6.07 Å². The molecule has 1 unspecified atom stereocenters. The summed E-state index contributed by atoms with van der Waals surface area (Å²) in [7, 11) is 0. The van der Waals surface area contributed by atoms with Gasteiger partial charge in [0.25, 0.3) is 5.91 Å². The summed E-state index contributed by atoms with van der Waals surface area (Å²) in [5, 5.41) is 21.1. The minimum Gasteiger partial charge on any atom is -0.406 e. The van der Waals surface area contributed by atoms with E-state index in [0.29, 0.717) is 0 Å². The van der Waals surface area contributed by atoms with Crippen molar-refractivity contribution in [1.82, 2.24) is 0 Å². The number of carbonyl (C=O) groups is 2. The van der Waals surface area contributed by atoms with Crippen LogP contribution < -0.4 is 4.90 Å². The molecule has 0 bridgehead atoms. The van der Waals surface area contributed by atoms with Gasteiger partial charge in [0.2, 0.25) is 5.91 Å². The lowest BCUT2D eigenvalue weighted by atomic mass is 9.81. The Morgan fingerprint density at radius 3 is 2.22 bits per heavy atom. The van der Waals surface area contributed by atoms with E-state index in [1.165, 1.54) is 49.4 Å². The van der Waals surface area contributed by atoms with Gasteiger partial charge in [-0.1, -0.05) is 48.0 Å². The van der Waals surface area contributed by atoms with Crippen LogP contribution in [0, 0.1) is 17.2 Å². The Bertz CT molecular complexity index is 1410. The van der Waals surface area contributed by atoms with Gasteiger partial charge >= 0.3 is 6.36 Å². The Kier molecular flexibility index (Phi) is 6.49. The predicted octanol–water partition coefficient (Wildman–Crippen LogP) is 5.59. The number of imide groups is 1. The monoisotopic (exact) mass is 548 g/mol. The van der Waals surface area contributed by atoms with Gasteiger partial charge in [0, 0.05) is 10.0 Å². The van der Waals surface area contributed by atoms with E-state index in [2.05, 4.69) is 11.3 Å². The SMILES string of the molecule is C=C(/C=C\C(=C/C)OC(F)(F)F)[C@]1(c2ccc(C#N)cc2)[C@@H]2C(=O)N(c3cc(Cl)cc(Cl)c3)C(=O)C21O. The topological polar surface area (TPSA) is 90.6 Å². The van der Waals surface area contributed by atoms with Crippen molar-refractivity contribution in [3.63, 3.8) is 0 Å². The Morgan fingerprint density at radius 1 is 1.16 bits per heavy atom. The molecule has 0 spiro atoms. The molecule has 37 heavy (non-hydrogen) atoms. The van der Waals surface area contributed by atoms with E-state index in [9.17, 15) is 27.9 Å². The van der Waals surface area contributed by atoms with Gasteiger partial charge in [0.05, 0.1) is 28.7 Å². The molecule has 1 heterocycles. The van der Waals surface area contributed by atoms with Crippen molar-refractivity contribution in [3.8, 4) is 6.07 Å². The van der Waals surface area contributed by atoms with Crippen LogP contribution in [0.1, 0.15) is 18.1 Å². The summed E-state index contributed by atoms with van der Waals surface area (Å²) >= 11 is 12.0. The lowest BCUT2D eigenvalue weighted by Crippen LogP contribution is -2.45. The van der Waals surface area contributed by atoms with Crippen LogP contribution in [0.15, 0.2) is 78.6 Å². The molecule has 190 valence electrons. The van der Waals surface area contributed by atoms with Crippen LogP contribution in [0.2, 0.25) is 10.0 Å². The molecule has 1 saturated carbocycles. The zero-order valence-corrected chi connectivity index (χ0v) is 20.5. The van der Waals surface area contributed by atoms with Crippen LogP contribution in [0.5, 0.6) is 0 Å². The van der Waals surface area contributed by atoms with E-state index >= 15 is 0 Å². The maximum atomic E-state index is 13.6. The number of fused-ring (bicyclic) bond motifs is 1. The summed E-state index contributed by atoms with van der Waals surface area (Å²) < 4.78 is 42.1. The summed E-state index contributed by atoms with van der Waals surface area (Å²) in [6.45, 7) is 5.22. The second kappa shape index (κ2) is 9.06. The first-order valence-corrected chi connectivity index (χ1v) is 11.4. The highest BCUT2D eigenvalue weighted by Crippen LogP contribution is 2.71. The maximum Gasteiger partial charge on any atom is 0.573 e. The van der Waals surface area contributed by atoms with Gasteiger partial charge < -0.3 is 9.84 Å². The van der Waals surface area contributed by atoms with E-state index in [-0.39, 0.29) is 32.4 Å². The number of nitriles is 1. The minimum absolute atomic E-state index is 0.0136. The molecule has 0 aromatic heterocycles. The third kappa shape index (κ3) is 4.11. The molecule has 2 aliphatic rings. The number of benzene rings is 2. The molecule has 4 rings (SSSR count). The molecule has 6 nitrogen and oxygen atoms in total. The fourth-order valence-electron chi connectivity index (χ4n) is 4.87. The zero-order valence-electron chi connectivity index (χ0n) is 19.0. The number of amides is 2. The highest BCUT2D eigenvalue weighted by Gasteiger charge is 2.89. The minimum atomic E-state index is -4.95. The number of ether oxygens (including phenoxy) is 1. The number of piperidine rings is 1. The summed E-state index contributed by atoms with van der Waals surface area (Å²) in [5.74, 6) is -3.66. The number of carbonyl (C=O) groups excluding carboxylic acids is 2. The number of allylic oxidation sites excluding steroid dienone is 3. The van der Waals surface area contributed by atoms with Crippen LogP contribution in [0.3, 0.4) is 0 Å². The zero-order chi connectivity index (χ0) is 27.3. The predicted molar refractivity (Wildman–Crippen MR) is 129 cm³/mol. The van der Waals surface area contributed by atoms with Crippen LogP contribution in [0.25, 0.3) is 0 Å². The van der Waals surface area contributed by atoms with Crippen LogP contribution in [-0.4, -0.2) is 28.9 Å². The Labute approximate surface area is 219 Å². The molecule has 11 heteroatoms. The van der Waals surface area contributed by atoms with Gasteiger partial charge in [0.15, 0.2) is 5.60 Å². The molecular formula is C26H17Cl2F3N2O4. The lowest BCUT2D eigenvalue weighted by Gasteiger charge is -2.29. The van der Waals surface area contributed by atoms with Gasteiger partial charge in [-0.3, -0.25) is 9.59 Å². The second-order valence-electron chi connectivity index (χ2n) is 8.40. The maximum absolute atomic E-state index is 13.6. The first-order chi connectivity index (χ1) is 17.3. The Balaban J connectivity index is 1.80. The highest BCUT2D eigenvalue weighted by atomic mass is 35.5. The van der Waals surface area contributed by atoms with Crippen molar-refractivity contribution >= 4 is 40.7 Å². The molecule has 2 fully saturated rings. The van der Waals surface area contributed by atoms with Gasteiger partial charge in [0.1, 0.15) is 5.76 Å². The molecule has 2 aromatic rings. The number of nitrogens with zero attached hydrogens (tertiary/aromatic N) is 2. The molecule has 1 saturated heterocycles. The summed E-state index contributed by atoms with van der Waals surface area (Å²) in [4.78, 5) is 27.9. The van der Waals surface area contributed by atoms with Crippen molar-refractivity contribution in [2.45, 2.75) is 24.3 Å². The quantitative estimate of drug-likeness (QED) is 0.288. The van der Waals surface area contributed by atoms with Crippen molar-refractivity contribution in [1.29, 1.82) is 5.26 Å². The number of alkyl halides is 3. The molecule has 2 aromatic carbocycles. The average molecular weight is 549 g/mol. The first kappa shape index (κ1) is 26.5. The van der Waals surface area contributed by atoms with Crippen molar-refractivity contribution in [2.75, 3.05) is 4.90 Å². The highest BCUT2D eigenvalue weighted by molar-refractivity contribution is 6.36. The van der Waals surface area contributed by atoms with Crippen LogP contribution in [0.4, 0.5) is 18.9 Å². The summed E-state index contributed by atoms with van der Waals surface area (Å²) in [5.41, 5.74) is -3.42. The Hall–Kier alpha value is -3.58. The van der Waals surface area contributed by atoms with Gasteiger partial charge in [-0.15, -0.1) is 13.2 Å². The fourth-order valence-corrected chi connectivity index (χ4v) is 5.39. The van der Waals surface area contributed by atoms with Crippen molar-refractivity contribution < 1.29 is 32.6 Å². The first-order valence-electron chi connectivity index (χ1n) is 10.7. The third-order valence-corrected chi connectivity index (χ3v) is 6.85. The largest absolute Gasteiger partial charge is 0.573 e. The number of aliphatic hydroxyl groups is 1. The Morgan fingerprint density at radius 2 is 1.76 bits per heavy atom. The fraction of sp³-hybridized carbons (Fsp3) is 0.192. The number of hydrogen-bond donors (Lipinski definition) is 1. The van der Waals surface area contributed by atoms with Gasteiger partial charge in [-0.05, 0) is 60.5 Å². The second-order valence-corrected chi connectivity index (χ2v) is 9.27. The standard InChI is InChI=1S/C26H17Cl2F3N2O4/c1-3-20(37-26(29,30)31)9-4-14(2)24(16-7-5-15(13-32)6-8-16)21-22(34)33(23(35)25(21,24)36)19-11-17(27)10-18(28)12-19/h3-12,21,36H,2H2,1H3/b9-4-,20-3+/t21-,24-,25?/m0/s1. The summed E-state index contributed by atoms with van der Waals surface area (Å²) in [6.07, 6.45) is -1.76. The molecule has 2 amide bonds. The smallest absolute Gasteiger partial charge is 0.406 e. The van der Waals surface area contributed by atoms with Crippen molar-refractivity contribution in [3.05, 3.63) is 99.8 Å². The molecule has 3 atom stereocenters. The number of halogens is 5. The lowest BCUT2D eigenvalue weighted by molar-refractivity contribution is -0.303. The van der Waals surface area contributed by atoms with E-state index in [0.717, 1.165) is 23.1 Å². The molecule has 0 radical (unpaired) electrons. The number of hydrogen-bond acceptors (Lipinski definition) is 5. The van der Waals surface area contributed by atoms with Crippen LogP contribution in [-0.2, 0) is 19.7 Å². The van der Waals surface area contributed by atoms with E-state index in [1.54, 1.807) is 0 Å². The van der Waals surface area contributed by atoms with Crippen LogP contribution >= 0.6 is 23.2 Å². The number of anilines is 1.